The molecule has 8 heteroatoms. The molecule has 20 heavy (non-hydrogen) atoms. The van der Waals surface area contributed by atoms with Crippen LogP contribution >= 0.6 is 0 Å². The van der Waals surface area contributed by atoms with Crippen LogP contribution < -0.4 is 4.90 Å². The predicted molar refractivity (Wildman–Crippen MR) is 63.8 cm³/mol. The van der Waals surface area contributed by atoms with Gasteiger partial charge in [0, 0.05) is 32.6 Å². The van der Waals surface area contributed by atoms with Crippen LogP contribution in [0.2, 0.25) is 0 Å². The highest BCUT2D eigenvalue weighted by atomic mass is 19.3. The smallest absolute Gasteiger partial charge is 0.260 e. The van der Waals surface area contributed by atoms with Gasteiger partial charge in [-0.3, -0.25) is 4.79 Å². The zero-order valence-corrected chi connectivity index (χ0v) is 10.6. The molecular weight excluding hydrogens is 273 g/mol. The summed E-state index contributed by atoms with van der Waals surface area (Å²) in [5, 5.41) is 0. The molecule has 108 valence electrons. The molecule has 0 radical (unpaired) electrons. The normalized spacial score (nSPS) is 24.6. The monoisotopic (exact) mass is 286 g/mol. The Bertz CT molecular complexity index is 531. The molecule has 1 amide bonds. The molecule has 0 N–H and O–H groups in total. The lowest BCUT2D eigenvalue weighted by Crippen LogP contribution is -2.50. The van der Waals surface area contributed by atoms with Crippen molar-refractivity contribution < 1.29 is 18.0 Å². The van der Waals surface area contributed by atoms with E-state index in [0.717, 1.165) is 6.20 Å². The molecule has 0 aromatic carbocycles. The largest absolute Gasteiger partial charge is 0.351 e. The number of anilines is 1. The lowest BCUT2D eigenvalue weighted by Gasteiger charge is -2.35. The van der Waals surface area contributed by atoms with E-state index in [2.05, 4.69) is 9.97 Å². The quantitative estimate of drug-likeness (QED) is 0.811. The molecule has 1 aromatic heterocycles. The molecular formula is C12H13F3N4O. The molecule has 1 aromatic rings. The Balaban J connectivity index is 1.60. The van der Waals surface area contributed by atoms with Gasteiger partial charge in [-0.2, -0.15) is 0 Å². The summed E-state index contributed by atoms with van der Waals surface area (Å²) >= 11 is 0. The van der Waals surface area contributed by atoms with Crippen LogP contribution in [0.1, 0.15) is 6.42 Å². The number of rotatable bonds is 2. The van der Waals surface area contributed by atoms with Gasteiger partial charge in [-0.25, -0.2) is 23.1 Å². The fraction of sp³-hybridized carbons (Fsp3) is 0.583. The van der Waals surface area contributed by atoms with Crippen LogP contribution in [0.5, 0.6) is 0 Å². The minimum Gasteiger partial charge on any atom is -0.351 e. The van der Waals surface area contributed by atoms with E-state index < -0.39 is 23.6 Å². The number of amides is 1. The van der Waals surface area contributed by atoms with Crippen molar-refractivity contribution in [2.45, 2.75) is 12.3 Å². The molecule has 2 fully saturated rings. The van der Waals surface area contributed by atoms with Gasteiger partial charge in [0.1, 0.15) is 12.2 Å². The zero-order valence-electron chi connectivity index (χ0n) is 10.6. The van der Waals surface area contributed by atoms with Crippen LogP contribution in [-0.4, -0.2) is 52.9 Å². The number of halogens is 3. The van der Waals surface area contributed by atoms with E-state index in [0.29, 0.717) is 26.2 Å². The van der Waals surface area contributed by atoms with Crippen LogP contribution in [-0.2, 0) is 4.79 Å². The number of aromatic nitrogens is 2. The molecule has 3 rings (SSSR count). The van der Waals surface area contributed by atoms with Gasteiger partial charge in [0.2, 0.25) is 5.91 Å². The summed E-state index contributed by atoms with van der Waals surface area (Å²) < 4.78 is 39.3. The fourth-order valence-electron chi connectivity index (χ4n) is 2.38. The Hall–Kier alpha value is -1.86. The fourth-order valence-corrected chi connectivity index (χ4v) is 2.38. The predicted octanol–water partition coefficient (Wildman–Crippen LogP) is 0.919. The first-order valence-electron chi connectivity index (χ1n) is 6.36. The summed E-state index contributed by atoms with van der Waals surface area (Å²) in [5.41, 5.74) is 0. The third kappa shape index (κ3) is 2.30. The van der Waals surface area contributed by atoms with E-state index in [1.54, 1.807) is 4.90 Å². The molecule has 0 spiro atoms. The lowest BCUT2D eigenvalue weighted by atomic mass is 10.2. The van der Waals surface area contributed by atoms with Crippen molar-refractivity contribution in [2.75, 3.05) is 31.1 Å². The first kappa shape index (κ1) is 13.1. The molecule has 1 aliphatic heterocycles. The SMILES string of the molecule is O=C(C1CC1(F)F)N1CCN(c2ncncc2F)CC1. The van der Waals surface area contributed by atoms with Gasteiger partial charge >= 0.3 is 0 Å². The van der Waals surface area contributed by atoms with Crippen molar-refractivity contribution in [3.63, 3.8) is 0 Å². The summed E-state index contributed by atoms with van der Waals surface area (Å²) in [5.74, 6) is -4.85. The van der Waals surface area contributed by atoms with Crippen molar-refractivity contribution in [3.8, 4) is 0 Å². The number of piperazine rings is 1. The molecule has 2 aliphatic rings. The van der Waals surface area contributed by atoms with Crippen LogP contribution in [0.15, 0.2) is 12.5 Å². The average molecular weight is 286 g/mol. The molecule has 1 saturated heterocycles. The molecule has 2 heterocycles. The van der Waals surface area contributed by atoms with Crippen molar-refractivity contribution in [2.24, 2.45) is 5.92 Å². The highest BCUT2D eigenvalue weighted by Gasteiger charge is 2.62. The first-order valence-corrected chi connectivity index (χ1v) is 6.36. The molecule has 1 unspecified atom stereocenters. The minimum absolute atomic E-state index is 0.184. The summed E-state index contributed by atoms with van der Waals surface area (Å²) in [4.78, 5) is 22.3. The van der Waals surface area contributed by atoms with Gasteiger partial charge in [-0.05, 0) is 0 Å². The van der Waals surface area contributed by atoms with E-state index in [4.69, 9.17) is 0 Å². The molecule has 1 saturated carbocycles. The minimum atomic E-state index is -2.84. The first-order chi connectivity index (χ1) is 9.49. The standard InChI is InChI=1S/C12H13F3N4O/c13-9-6-16-7-17-10(9)18-1-3-19(4-2-18)11(20)8-5-12(8,14)15/h6-8H,1-5H2. The maximum atomic E-state index is 13.5. The Morgan fingerprint density at radius 2 is 1.95 bits per heavy atom. The Morgan fingerprint density at radius 3 is 2.50 bits per heavy atom. The third-order valence-electron chi connectivity index (χ3n) is 3.66. The van der Waals surface area contributed by atoms with E-state index in [9.17, 15) is 18.0 Å². The van der Waals surface area contributed by atoms with E-state index in [1.807, 2.05) is 0 Å². The molecule has 1 aliphatic carbocycles. The van der Waals surface area contributed by atoms with Crippen molar-refractivity contribution in [1.82, 2.24) is 14.9 Å². The van der Waals surface area contributed by atoms with E-state index in [1.165, 1.54) is 11.2 Å². The number of hydrogen-bond acceptors (Lipinski definition) is 4. The van der Waals surface area contributed by atoms with Crippen LogP contribution in [0, 0.1) is 11.7 Å². The second-order valence-electron chi connectivity index (χ2n) is 5.02. The second kappa shape index (κ2) is 4.60. The molecule has 0 bridgehead atoms. The highest BCUT2D eigenvalue weighted by molar-refractivity contribution is 5.83. The average Bonchev–Trinajstić information content (AvgIpc) is 3.08. The highest BCUT2D eigenvalue weighted by Crippen LogP contribution is 2.49. The zero-order chi connectivity index (χ0) is 14.3. The summed E-state index contributed by atoms with van der Waals surface area (Å²) in [6.45, 7) is 1.35. The van der Waals surface area contributed by atoms with Crippen molar-refractivity contribution >= 4 is 11.7 Å². The number of carbonyl (C=O) groups is 1. The number of hydrogen-bond donors (Lipinski definition) is 0. The van der Waals surface area contributed by atoms with Crippen LogP contribution in [0.4, 0.5) is 19.0 Å². The molecule has 5 nitrogen and oxygen atoms in total. The summed E-state index contributed by atoms with van der Waals surface area (Å²) in [6.07, 6.45) is 1.97. The Labute approximate surface area is 113 Å². The number of carbonyl (C=O) groups excluding carboxylic acids is 1. The third-order valence-corrected chi connectivity index (χ3v) is 3.66. The van der Waals surface area contributed by atoms with Gasteiger partial charge in [-0.15, -0.1) is 0 Å². The van der Waals surface area contributed by atoms with Gasteiger partial charge in [0.05, 0.1) is 6.20 Å². The van der Waals surface area contributed by atoms with Gasteiger partial charge < -0.3 is 9.80 Å². The van der Waals surface area contributed by atoms with E-state index in [-0.39, 0.29) is 12.2 Å². The second-order valence-corrected chi connectivity index (χ2v) is 5.02. The van der Waals surface area contributed by atoms with Crippen molar-refractivity contribution in [3.05, 3.63) is 18.3 Å². The summed E-state index contributed by atoms with van der Waals surface area (Å²) in [7, 11) is 0. The molecule has 1 atom stereocenters. The van der Waals surface area contributed by atoms with Gasteiger partial charge in [-0.1, -0.05) is 0 Å². The number of alkyl halides is 2. The van der Waals surface area contributed by atoms with Gasteiger partial charge in [0.25, 0.3) is 5.92 Å². The lowest BCUT2D eigenvalue weighted by molar-refractivity contribution is -0.135. The van der Waals surface area contributed by atoms with Crippen LogP contribution in [0.25, 0.3) is 0 Å². The Kier molecular flexibility index (Phi) is 3.02. The Morgan fingerprint density at radius 1 is 1.30 bits per heavy atom. The van der Waals surface area contributed by atoms with Crippen LogP contribution in [0.3, 0.4) is 0 Å². The maximum absolute atomic E-state index is 13.5. The number of nitrogens with zero attached hydrogens (tertiary/aromatic N) is 4. The van der Waals surface area contributed by atoms with Gasteiger partial charge in [0.15, 0.2) is 11.6 Å². The van der Waals surface area contributed by atoms with E-state index >= 15 is 0 Å². The maximum Gasteiger partial charge on any atom is 0.260 e. The van der Waals surface area contributed by atoms with Crippen molar-refractivity contribution in [1.29, 1.82) is 0 Å². The summed E-state index contributed by atoms with van der Waals surface area (Å²) in [6, 6.07) is 0. The topological polar surface area (TPSA) is 49.3 Å².